The first-order chi connectivity index (χ1) is 17.2. The Morgan fingerprint density at radius 2 is 2.03 bits per heavy atom. The molecular formula is C27H26BrN3O5. The van der Waals surface area contributed by atoms with E-state index in [1.807, 2.05) is 51.1 Å². The van der Waals surface area contributed by atoms with Crippen molar-refractivity contribution in [3.05, 3.63) is 74.9 Å². The highest BCUT2D eigenvalue weighted by Gasteiger charge is 2.61. The molecule has 3 aliphatic rings. The molecule has 0 radical (unpaired) electrons. The molecule has 0 saturated carbocycles. The summed E-state index contributed by atoms with van der Waals surface area (Å²) >= 11 is 3.66. The SMILES string of the molecule is COC(=O)c1nc2oc1[C@]13c4cc(ccc4OC1Nc1c(Br)cccc13)C[C@H](C)C(=O)N[C@H]2C(C)C. The average molecular weight is 552 g/mol. The van der Waals surface area contributed by atoms with Crippen LogP contribution in [0.1, 0.15) is 65.6 Å². The van der Waals surface area contributed by atoms with Crippen LogP contribution in [0.2, 0.25) is 0 Å². The van der Waals surface area contributed by atoms with Gasteiger partial charge in [-0.1, -0.05) is 45.0 Å². The lowest BCUT2D eigenvalue weighted by Gasteiger charge is -2.28. The van der Waals surface area contributed by atoms with E-state index in [-0.39, 0.29) is 29.3 Å². The Morgan fingerprint density at radius 1 is 1.22 bits per heavy atom. The summed E-state index contributed by atoms with van der Waals surface area (Å²) in [6, 6.07) is 11.4. The van der Waals surface area contributed by atoms with Gasteiger partial charge in [0.15, 0.2) is 17.7 Å². The Balaban J connectivity index is 1.73. The summed E-state index contributed by atoms with van der Waals surface area (Å²) in [6.07, 6.45) is -0.0206. The molecule has 9 heteroatoms. The number of esters is 1. The number of nitrogens with one attached hydrogen (secondary N) is 2. The molecule has 1 aromatic heterocycles. The zero-order chi connectivity index (χ0) is 25.4. The molecule has 1 unspecified atom stereocenters. The molecule has 4 bridgehead atoms. The number of ether oxygens (including phenoxy) is 2. The highest BCUT2D eigenvalue weighted by molar-refractivity contribution is 9.10. The topological polar surface area (TPSA) is 103 Å². The zero-order valence-corrected chi connectivity index (χ0v) is 21.9. The lowest BCUT2D eigenvalue weighted by atomic mass is 9.72. The van der Waals surface area contributed by atoms with Crippen molar-refractivity contribution < 1.29 is 23.5 Å². The maximum absolute atomic E-state index is 13.1. The largest absolute Gasteiger partial charge is 0.469 e. The number of carbonyl (C=O) groups is 2. The first kappa shape index (κ1) is 23.1. The summed E-state index contributed by atoms with van der Waals surface area (Å²) in [7, 11) is 1.32. The van der Waals surface area contributed by atoms with Crippen molar-refractivity contribution in [1.29, 1.82) is 0 Å². The first-order valence-electron chi connectivity index (χ1n) is 12.0. The molecule has 3 aliphatic heterocycles. The Labute approximate surface area is 216 Å². The van der Waals surface area contributed by atoms with Crippen LogP contribution in [-0.2, 0) is 21.4 Å². The summed E-state index contributed by atoms with van der Waals surface area (Å²) in [5, 5.41) is 6.60. The molecule has 4 heterocycles. The van der Waals surface area contributed by atoms with Crippen molar-refractivity contribution in [2.45, 2.75) is 44.9 Å². The van der Waals surface area contributed by atoms with Crippen molar-refractivity contribution in [3.8, 4) is 5.75 Å². The lowest BCUT2D eigenvalue weighted by Crippen LogP contribution is -2.40. The van der Waals surface area contributed by atoms with Crippen LogP contribution >= 0.6 is 15.9 Å². The van der Waals surface area contributed by atoms with Gasteiger partial charge in [-0.15, -0.1) is 0 Å². The summed E-state index contributed by atoms with van der Waals surface area (Å²) in [5.41, 5.74) is 2.69. The van der Waals surface area contributed by atoms with Crippen LogP contribution in [0, 0.1) is 11.8 Å². The van der Waals surface area contributed by atoms with E-state index in [1.165, 1.54) is 7.11 Å². The van der Waals surface area contributed by atoms with E-state index in [4.69, 9.17) is 13.9 Å². The number of carbonyl (C=O) groups excluding carboxylic acids is 2. The minimum absolute atomic E-state index is 0.0364. The van der Waals surface area contributed by atoms with Crippen molar-refractivity contribution in [2.24, 2.45) is 11.8 Å². The monoisotopic (exact) mass is 551 g/mol. The zero-order valence-electron chi connectivity index (χ0n) is 20.3. The van der Waals surface area contributed by atoms with Gasteiger partial charge < -0.3 is 24.5 Å². The van der Waals surface area contributed by atoms with Crippen LogP contribution in [-0.4, -0.2) is 30.2 Å². The van der Waals surface area contributed by atoms with Gasteiger partial charge in [-0.2, -0.15) is 0 Å². The number of anilines is 1. The van der Waals surface area contributed by atoms with Gasteiger partial charge in [-0.25, -0.2) is 9.78 Å². The molecule has 1 amide bonds. The molecule has 186 valence electrons. The molecule has 36 heavy (non-hydrogen) atoms. The number of methoxy groups -OCH3 is 1. The predicted molar refractivity (Wildman–Crippen MR) is 135 cm³/mol. The van der Waals surface area contributed by atoms with Gasteiger partial charge in [0.05, 0.1) is 12.8 Å². The maximum atomic E-state index is 13.1. The molecule has 0 aliphatic carbocycles. The van der Waals surface area contributed by atoms with Crippen LogP contribution in [0.25, 0.3) is 0 Å². The highest BCUT2D eigenvalue weighted by atomic mass is 79.9. The minimum Gasteiger partial charge on any atom is -0.469 e. The number of nitrogens with zero attached hydrogens (tertiary/aromatic N) is 1. The van der Waals surface area contributed by atoms with Gasteiger partial charge in [0, 0.05) is 21.5 Å². The predicted octanol–water partition coefficient (Wildman–Crippen LogP) is 4.71. The van der Waals surface area contributed by atoms with E-state index in [0.717, 1.165) is 26.9 Å². The molecule has 2 aromatic carbocycles. The highest BCUT2D eigenvalue weighted by Crippen LogP contribution is 2.59. The van der Waals surface area contributed by atoms with Crippen molar-refractivity contribution in [1.82, 2.24) is 10.3 Å². The number of fused-ring (bicyclic) bond motifs is 4. The fourth-order valence-electron chi connectivity index (χ4n) is 5.62. The number of para-hydroxylation sites is 1. The summed E-state index contributed by atoms with van der Waals surface area (Å²) in [5.74, 6) is 0.255. The Hall–Kier alpha value is -3.33. The van der Waals surface area contributed by atoms with E-state index in [2.05, 4.69) is 37.6 Å². The number of halogens is 1. The molecule has 4 atom stereocenters. The number of amides is 1. The van der Waals surface area contributed by atoms with E-state index in [1.54, 1.807) is 0 Å². The average Bonchev–Trinajstić information content (AvgIpc) is 3.51. The molecule has 0 fully saturated rings. The second-order valence-electron chi connectivity index (χ2n) is 10.0. The van der Waals surface area contributed by atoms with Crippen molar-refractivity contribution in [2.75, 3.05) is 12.4 Å². The molecule has 1 spiro atoms. The number of hydrogen-bond donors (Lipinski definition) is 2. The van der Waals surface area contributed by atoms with E-state index < -0.39 is 23.7 Å². The third-order valence-corrected chi connectivity index (χ3v) is 8.08. The fraction of sp³-hybridized carbons (Fsp3) is 0.370. The summed E-state index contributed by atoms with van der Waals surface area (Å²) in [6.45, 7) is 5.87. The summed E-state index contributed by atoms with van der Waals surface area (Å²) < 4.78 is 19.0. The normalized spacial score (nSPS) is 25.6. The van der Waals surface area contributed by atoms with Gasteiger partial charge in [0.25, 0.3) is 0 Å². The third kappa shape index (κ3) is 3.08. The Kier molecular flexibility index (Phi) is 5.19. The number of oxazole rings is 1. The van der Waals surface area contributed by atoms with Crippen LogP contribution in [0.15, 0.2) is 45.3 Å². The standard InChI is InChI=1S/C27H26BrN3O5/c1-12(2)19-24-30-21(25(33)34-4)22(36-24)27-15-6-5-7-17(28)20(15)31-26(27)35-18-9-8-14(11-16(18)27)10-13(3)23(32)29-19/h5-9,11-13,19,26,31H,10H2,1-4H3,(H,29,32)/t13-,19-,26?,27-/m0/s1. The van der Waals surface area contributed by atoms with Gasteiger partial charge >= 0.3 is 5.97 Å². The Morgan fingerprint density at radius 3 is 2.78 bits per heavy atom. The first-order valence-corrected chi connectivity index (χ1v) is 12.8. The van der Waals surface area contributed by atoms with Crippen molar-refractivity contribution in [3.63, 3.8) is 0 Å². The molecule has 8 nitrogen and oxygen atoms in total. The minimum atomic E-state index is -0.993. The fourth-order valence-corrected chi connectivity index (χ4v) is 6.10. The lowest BCUT2D eigenvalue weighted by molar-refractivity contribution is -0.125. The van der Waals surface area contributed by atoms with Gasteiger partial charge in [0.1, 0.15) is 17.2 Å². The van der Waals surface area contributed by atoms with E-state index in [0.29, 0.717) is 17.9 Å². The number of aromatic nitrogens is 1. The Bertz CT molecular complexity index is 1420. The number of benzene rings is 2. The van der Waals surface area contributed by atoms with Crippen LogP contribution in [0.3, 0.4) is 0 Å². The van der Waals surface area contributed by atoms with Crippen LogP contribution in [0.4, 0.5) is 5.69 Å². The molecular weight excluding hydrogens is 526 g/mol. The molecule has 2 N–H and O–H groups in total. The molecule has 0 saturated heterocycles. The number of rotatable bonds is 2. The van der Waals surface area contributed by atoms with Crippen molar-refractivity contribution >= 4 is 33.5 Å². The summed E-state index contributed by atoms with van der Waals surface area (Å²) in [4.78, 5) is 30.9. The third-order valence-electron chi connectivity index (χ3n) is 7.42. The second kappa shape index (κ2) is 8.09. The van der Waals surface area contributed by atoms with Gasteiger partial charge in [0.2, 0.25) is 11.8 Å². The van der Waals surface area contributed by atoms with Gasteiger partial charge in [-0.3, -0.25) is 4.79 Å². The second-order valence-corrected chi connectivity index (χ2v) is 10.9. The van der Waals surface area contributed by atoms with Crippen LogP contribution in [0.5, 0.6) is 5.75 Å². The quantitative estimate of drug-likeness (QED) is 0.444. The molecule has 6 rings (SSSR count). The number of hydrogen-bond acceptors (Lipinski definition) is 7. The van der Waals surface area contributed by atoms with E-state index >= 15 is 0 Å². The maximum Gasteiger partial charge on any atom is 0.360 e. The van der Waals surface area contributed by atoms with E-state index in [9.17, 15) is 9.59 Å². The molecule has 3 aromatic rings. The van der Waals surface area contributed by atoms with Gasteiger partial charge in [-0.05, 0) is 46.0 Å². The van der Waals surface area contributed by atoms with Crippen LogP contribution < -0.4 is 15.4 Å². The smallest absolute Gasteiger partial charge is 0.360 e.